The van der Waals surface area contributed by atoms with Crippen LogP contribution in [0.1, 0.15) is 16.3 Å². The Labute approximate surface area is 181 Å². The summed E-state index contributed by atoms with van der Waals surface area (Å²) in [6.07, 6.45) is 0. The van der Waals surface area contributed by atoms with Gasteiger partial charge in [-0.2, -0.15) is 0 Å². The molecule has 2 aromatic carbocycles. The van der Waals surface area contributed by atoms with E-state index in [1.165, 1.54) is 12.1 Å². The fourth-order valence-electron chi connectivity index (χ4n) is 3.38. The number of rotatable bonds is 5. The summed E-state index contributed by atoms with van der Waals surface area (Å²) in [5.74, 6) is 0.396. The largest absolute Gasteiger partial charge is 0.455 e. The molecule has 3 aromatic rings. The number of carbonyl (C=O) groups is 1. The first-order valence-electron chi connectivity index (χ1n) is 9.52. The lowest BCUT2D eigenvalue weighted by atomic mass is 10.2. The van der Waals surface area contributed by atoms with Gasteiger partial charge in [0.25, 0.3) is 5.91 Å². The van der Waals surface area contributed by atoms with Gasteiger partial charge in [0, 0.05) is 31.9 Å². The quantitative estimate of drug-likeness (QED) is 0.585. The first-order chi connectivity index (χ1) is 14.5. The van der Waals surface area contributed by atoms with Crippen LogP contribution in [0.3, 0.4) is 0 Å². The second-order valence-electron chi connectivity index (χ2n) is 6.94. The van der Waals surface area contributed by atoms with Gasteiger partial charge in [0.15, 0.2) is 5.76 Å². The average molecular weight is 447 g/mol. The lowest BCUT2D eigenvalue weighted by Crippen LogP contribution is -2.48. The number of hydrogen-bond donors (Lipinski definition) is 0. The van der Waals surface area contributed by atoms with Crippen LogP contribution in [-0.4, -0.2) is 41.2 Å². The monoisotopic (exact) mass is 446 g/mol. The molecule has 8 heteroatoms. The molecule has 1 atom stereocenters. The molecule has 0 aliphatic carbocycles. The molecule has 1 fully saturated rings. The fourth-order valence-corrected chi connectivity index (χ4v) is 4.86. The van der Waals surface area contributed by atoms with Gasteiger partial charge in [0.05, 0.1) is 26.5 Å². The number of anilines is 1. The highest BCUT2D eigenvalue weighted by molar-refractivity contribution is 7.84. The first-order valence-corrected chi connectivity index (χ1v) is 11.2. The lowest BCUT2D eigenvalue weighted by molar-refractivity contribution is 0.0713. The number of halogens is 2. The maximum absolute atomic E-state index is 13.1. The summed E-state index contributed by atoms with van der Waals surface area (Å²) in [7, 11) is -1.36. The Balaban J connectivity index is 1.36. The molecule has 0 spiro atoms. The van der Waals surface area contributed by atoms with Crippen molar-refractivity contribution in [1.82, 2.24) is 4.90 Å². The van der Waals surface area contributed by atoms with Crippen molar-refractivity contribution in [1.29, 1.82) is 0 Å². The van der Waals surface area contributed by atoms with Crippen molar-refractivity contribution in [3.8, 4) is 0 Å². The number of piperazine rings is 1. The van der Waals surface area contributed by atoms with Crippen molar-refractivity contribution in [2.45, 2.75) is 10.6 Å². The molecule has 0 N–H and O–H groups in total. The third kappa shape index (κ3) is 4.57. The van der Waals surface area contributed by atoms with Crippen LogP contribution in [0.5, 0.6) is 0 Å². The molecule has 1 aliphatic heterocycles. The number of hydrogen-bond acceptors (Lipinski definition) is 4. The summed E-state index contributed by atoms with van der Waals surface area (Å²) in [6, 6.07) is 16.6. The second kappa shape index (κ2) is 9.02. The fraction of sp³-hybridized carbons (Fsp3) is 0.227. The Morgan fingerprint density at radius 3 is 2.40 bits per heavy atom. The molecule has 2 heterocycles. The zero-order valence-corrected chi connectivity index (χ0v) is 17.7. The Kier molecular flexibility index (Phi) is 6.20. The molecule has 1 amide bonds. The SMILES string of the molecule is O=C(c1ccc(C[S@](=O)c2ccccc2Cl)o1)N1CCN(c2ccc(F)cc2)CC1. The number of furan rings is 1. The van der Waals surface area contributed by atoms with Crippen molar-refractivity contribution < 1.29 is 17.8 Å². The van der Waals surface area contributed by atoms with Gasteiger partial charge in [-0.1, -0.05) is 23.7 Å². The molecule has 5 nitrogen and oxygen atoms in total. The van der Waals surface area contributed by atoms with E-state index >= 15 is 0 Å². The molecule has 0 saturated carbocycles. The van der Waals surface area contributed by atoms with Gasteiger partial charge in [-0.15, -0.1) is 0 Å². The lowest BCUT2D eigenvalue weighted by Gasteiger charge is -2.35. The van der Waals surface area contributed by atoms with E-state index in [2.05, 4.69) is 4.90 Å². The van der Waals surface area contributed by atoms with Crippen LogP contribution in [0.15, 0.2) is 70.0 Å². The van der Waals surface area contributed by atoms with E-state index in [-0.39, 0.29) is 23.2 Å². The normalized spacial score (nSPS) is 15.3. The van der Waals surface area contributed by atoms with Gasteiger partial charge in [-0.05, 0) is 48.5 Å². The van der Waals surface area contributed by atoms with Crippen LogP contribution in [0.4, 0.5) is 10.1 Å². The predicted molar refractivity (Wildman–Crippen MR) is 115 cm³/mol. The molecule has 1 aromatic heterocycles. The maximum atomic E-state index is 13.1. The van der Waals surface area contributed by atoms with Crippen molar-refractivity contribution in [3.05, 3.63) is 83.0 Å². The Morgan fingerprint density at radius 1 is 1.00 bits per heavy atom. The number of benzene rings is 2. The second-order valence-corrected chi connectivity index (χ2v) is 8.77. The van der Waals surface area contributed by atoms with Gasteiger partial charge in [0.2, 0.25) is 0 Å². The number of nitrogens with zero attached hydrogens (tertiary/aromatic N) is 2. The minimum absolute atomic E-state index is 0.148. The Bertz CT molecular complexity index is 1060. The van der Waals surface area contributed by atoms with Crippen LogP contribution in [-0.2, 0) is 16.6 Å². The predicted octanol–water partition coefficient (Wildman–Crippen LogP) is 4.34. The van der Waals surface area contributed by atoms with Gasteiger partial charge in [0.1, 0.15) is 11.6 Å². The number of amides is 1. The van der Waals surface area contributed by atoms with Gasteiger partial charge >= 0.3 is 0 Å². The van der Waals surface area contributed by atoms with Crippen LogP contribution in [0.25, 0.3) is 0 Å². The maximum Gasteiger partial charge on any atom is 0.289 e. The van der Waals surface area contributed by atoms with Gasteiger partial charge in [-0.25, -0.2) is 4.39 Å². The van der Waals surface area contributed by atoms with E-state index < -0.39 is 10.8 Å². The van der Waals surface area contributed by atoms with Crippen LogP contribution >= 0.6 is 11.6 Å². The summed E-state index contributed by atoms with van der Waals surface area (Å²) < 4.78 is 31.3. The topological polar surface area (TPSA) is 53.8 Å². The first kappa shape index (κ1) is 20.6. The summed E-state index contributed by atoms with van der Waals surface area (Å²) in [5, 5.41) is 0.442. The van der Waals surface area contributed by atoms with Crippen LogP contribution in [0.2, 0.25) is 5.02 Å². The van der Waals surface area contributed by atoms with Crippen molar-refractivity contribution in [2.75, 3.05) is 31.1 Å². The van der Waals surface area contributed by atoms with Gasteiger partial charge in [-0.3, -0.25) is 9.00 Å². The standard InChI is InChI=1S/C22H20ClFN2O3S/c23-19-3-1-2-4-21(19)30(28)15-18-9-10-20(29-18)22(27)26-13-11-25(12-14-26)17-7-5-16(24)6-8-17/h1-10H,11-15H2/t30-/m0/s1. The zero-order chi connectivity index (χ0) is 21.1. The molecule has 4 rings (SSSR count). The molecule has 0 bridgehead atoms. The molecular weight excluding hydrogens is 427 g/mol. The average Bonchev–Trinajstić information content (AvgIpc) is 3.22. The number of carbonyl (C=O) groups excluding carboxylic acids is 1. The van der Waals surface area contributed by atoms with Crippen molar-refractivity contribution in [3.63, 3.8) is 0 Å². The minimum atomic E-state index is -1.36. The highest BCUT2D eigenvalue weighted by Gasteiger charge is 2.25. The van der Waals surface area contributed by atoms with Crippen LogP contribution < -0.4 is 4.90 Å². The van der Waals surface area contributed by atoms with E-state index in [1.807, 2.05) is 0 Å². The molecule has 156 valence electrons. The van der Waals surface area contributed by atoms with E-state index in [4.69, 9.17) is 16.0 Å². The van der Waals surface area contributed by atoms with E-state index in [1.54, 1.807) is 53.4 Å². The van der Waals surface area contributed by atoms with Crippen molar-refractivity contribution >= 4 is 34.0 Å². The van der Waals surface area contributed by atoms with Gasteiger partial charge < -0.3 is 14.2 Å². The third-order valence-corrected chi connectivity index (χ3v) is 6.82. The molecule has 1 saturated heterocycles. The van der Waals surface area contributed by atoms with E-state index in [0.717, 1.165) is 5.69 Å². The van der Waals surface area contributed by atoms with Crippen molar-refractivity contribution in [2.24, 2.45) is 0 Å². The third-order valence-electron chi connectivity index (χ3n) is 4.99. The summed E-state index contributed by atoms with van der Waals surface area (Å²) in [5.41, 5.74) is 0.936. The molecule has 30 heavy (non-hydrogen) atoms. The van der Waals surface area contributed by atoms with E-state index in [9.17, 15) is 13.4 Å². The molecular formula is C22H20ClFN2O3S. The summed E-state index contributed by atoms with van der Waals surface area (Å²) in [4.78, 5) is 17.2. The summed E-state index contributed by atoms with van der Waals surface area (Å²) >= 11 is 6.10. The Hall–Kier alpha value is -2.64. The molecule has 0 radical (unpaired) electrons. The summed E-state index contributed by atoms with van der Waals surface area (Å²) in [6.45, 7) is 2.39. The highest BCUT2D eigenvalue weighted by atomic mass is 35.5. The Morgan fingerprint density at radius 2 is 1.70 bits per heavy atom. The highest BCUT2D eigenvalue weighted by Crippen LogP contribution is 2.23. The zero-order valence-electron chi connectivity index (χ0n) is 16.1. The van der Waals surface area contributed by atoms with E-state index in [0.29, 0.717) is 41.9 Å². The minimum Gasteiger partial charge on any atom is -0.455 e. The van der Waals surface area contributed by atoms with Crippen LogP contribution in [0, 0.1) is 5.82 Å². The molecule has 1 aliphatic rings. The molecule has 0 unspecified atom stereocenters. The smallest absolute Gasteiger partial charge is 0.289 e.